The number of hydrogen-bond acceptors (Lipinski definition) is 3. The number of nitrogens with one attached hydrogen (secondary N) is 1. The molecule has 16 heavy (non-hydrogen) atoms. The summed E-state index contributed by atoms with van der Waals surface area (Å²) in [6, 6.07) is 6.90. The third-order valence-corrected chi connectivity index (χ3v) is 2.48. The van der Waals surface area contributed by atoms with Gasteiger partial charge in [-0.15, -0.1) is 0 Å². The quantitative estimate of drug-likeness (QED) is 0.308. The van der Waals surface area contributed by atoms with Gasteiger partial charge in [-0.1, -0.05) is 17.3 Å². The second kappa shape index (κ2) is 4.22. The lowest BCUT2D eigenvalue weighted by atomic mass is 10.2. The van der Waals surface area contributed by atoms with Gasteiger partial charge in [0.25, 0.3) is 0 Å². The summed E-state index contributed by atoms with van der Waals surface area (Å²) in [5.74, 6) is 0.228. The molecule has 5 heteroatoms. The van der Waals surface area contributed by atoms with Crippen molar-refractivity contribution in [1.82, 2.24) is 0 Å². The van der Waals surface area contributed by atoms with Crippen molar-refractivity contribution in [3.63, 3.8) is 0 Å². The van der Waals surface area contributed by atoms with E-state index in [0.29, 0.717) is 11.3 Å². The van der Waals surface area contributed by atoms with Crippen LogP contribution >= 0.6 is 0 Å². The Hall–Kier alpha value is -2.04. The zero-order valence-corrected chi connectivity index (χ0v) is 8.68. The Balaban J connectivity index is 2.12. The molecule has 1 amide bonds. The van der Waals surface area contributed by atoms with Crippen molar-refractivity contribution in [2.75, 3.05) is 5.32 Å². The van der Waals surface area contributed by atoms with E-state index in [4.69, 9.17) is 10.9 Å². The number of carbonyl (C=O) groups excluding carboxylic acids is 1. The maximum atomic E-state index is 11.5. The average Bonchev–Trinajstić information content (AvgIpc) is 3.12. The van der Waals surface area contributed by atoms with Crippen LogP contribution in [0.3, 0.4) is 0 Å². The van der Waals surface area contributed by atoms with E-state index in [2.05, 4.69) is 10.5 Å². The number of rotatable bonds is 3. The van der Waals surface area contributed by atoms with E-state index in [1.54, 1.807) is 24.3 Å². The molecule has 1 aromatic rings. The number of oxime groups is 1. The van der Waals surface area contributed by atoms with Gasteiger partial charge < -0.3 is 16.3 Å². The molecule has 0 aliphatic heterocycles. The van der Waals surface area contributed by atoms with Gasteiger partial charge in [-0.05, 0) is 25.0 Å². The summed E-state index contributed by atoms with van der Waals surface area (Å²) in [6.07, 6.45) is 1.93. The highest BCUT2D eigenvalue weighted by atomic mass is 16.4. The van der Waals surface area contributed by atoms with E-state index in [1.807, 2.05) is 0 Å². The van der Waals surface area contributed by atoms with Gasteiger partial charge in [0, 0.05) is 17.2 Å². The maximum absolute atomic E-state index is 11.5. The molecule has 0 radical (unpaired) electrons. The number of nitrogens with zero attached hydrogens (tertiary/aromatic N) is 1. The van der Waals surface area contributed by atoms with Gasteiger partial charge in [0.05, 0.1) is 0 Å². The van der Waals surface area contributed by atoms with Crippen LogP contribution in [0.1, 0.15) is 18.4 Å². The highest BCUT2D eigenvalue weighted by molar-refractivity contribution is 5.99. The van der Waals surface area contributed by atoms with Crippen LogP contribution in [0.4, 0.5) is 5.69 Å². The van der Waals surface area contributed by atoms with Crippen LogP contribution in [0.15, 0.2) is 29.4 Å². The second-order valence-electron chi connectivity index (χ2n) is 3.83. The summed E-state index contributed by atoms with van der Waals surface area (Å²) in [6.45, 7) is 0. The molecule has 1 saturated carbocycles. The summed E-state index contributed by atoms with van der Waals surface area (Å²) in [5, 5.41) is 14.2. The molecule has 5 nitrogen and oxygen atoms in total. The number of benzene rings is 1. The van der Waals surface area contributed by atoms with E-state index in [9.17, 15) is 4.79 Å². The molecule has 1 aliphatic carbocycles. The fourth-order valence-corrected chi connectivity index (χ4v) is 1.40. The highest BCUT2D eigenvalue weighted by Crippen LogP contribution is 2.30. The number of amidine groups is 1. The summed E-state index contributed by atoms with van der Waals surface area (Å²) in [5.41, 5.74) is 6.70. The monoisotopic (exact) mass is 219 g/mol. The zero-order chi connectivity index (χ0) is 11.5. The first-order valence-corrected chi connectivity index (χ1v) is 5.09. The molecule has 1 aromatic carbocycles. The third-order valence-electron chi connectivity index (χ3n) is 2.48. The van der Waals surface area contributed by atoms with Crippen molar-refractivity contribution in [3.8, 4) is 0 Å². The summed E-state index contributed by atoms with van der Waals surface area (Å²) in [4.78, 5) is 11.5. The molecule has 0 bridgehead atoms. The standard InChI is InChI=1S/C11H13N3O2/c12-10(14-16)8-2-1-3-9(6-8)13-11(15)7-4-5-7/h1-3,6-7,16H,4-5H2,(H2,12,14)(H,13,15). The van der Waals surface area contributed by atoms with Crippen molar-refractivity contribution >= 4 is 17.4 Å². The molecule has 0 atom stereocenters. The van der Waals surface area contributed by atoms with Crippen molar-refractivity contribution < 1.29 is 10.0 Å². The van der Waals surface area contributed by atoms with Gasteiger partial charge >= 0.3 is 0 Å². The van der Waals surface area contributed by atoms with Gasteiger partial charge in [0.1, 0.15) is 0 Å². The molecule has 0 aromatic heterocycles. The van der Waals surface area contributed by atoms with E-state index in [0.717, 1.165) is 12.8 Å². The Labute approximate surface area is 92.9 Å². The van der Waals surface area contributed by atoms with Crippen LogP contribution in [0.5, 0.6) is 0 Å². The minimum Gasteiger partial charge on any atom is -0.409 e. The number of carbonyl (C=O) groups is 1. The van der Waals surface area contributed by atoms with Gasteiger partial charge in [0.2, 0.25) is 5.91 Å². The van der Waals surface area contributed by atoms with Crippen molar-refractivity contribution in [2.45, 2.75) is 12.8 Å². The third kappa shape index (κ3) is 2.31. The van der Waals surface area contributed by atoms with Crippen LogP contribution in [0.25, 0.3) is 0 Å². The first-order chi connectivity index (χ1) is 7.70. The van der Waals surface area contributed by atoms with E-state index >= 15 is 0 Å². The molecule has 4 N–H and O–H groups in total. The number of amides is 1. The lowest BCUT2D eigenvalue weighted by Gasteiger charge is -2.05. The summed E-state index contributed by atoms with van der Waals surface area (Å²) < 4.78 is 0. The Morgan fingerprint density at radius 2 is 2.25 bits per heavy atom. The fourth-order valence-electron chi connectivity index (χ4n) is 1.40. The van der Waals surface area contributed by atoms with Gasteiger partial charge in [-0.3, -0.25) is 4.79 Å². The molecular formula is C11H13N3O2. The van der Waals surface area contributed by atoms with Crippen LogP contribution in [-0.2, 0) is 4.79 Å². The summed E-state index contributed by atoms with van der Waals surface area (Å²) >= 11 is 0. The van der Waals surface area contributed by atoms with Gasteiger partial charge in [0.15, 0.2) is 5.84 Å². The largest absolute Gasteiger partial charge is 0.409 e. The van der Waals surface area contributed by atoms with Crippen molar-refractivity contribution in [2.24, 2.45) is 16.8 Å². The fraction of sp³-hybridized carbons (Fsp3) is 0.273. The Morgan fingerprint density at radius 3 is 2.88 bits per heavy atom. The van der Waals surface area contributed by atoms with E-state index in [-0.39, 0.29) is 17.7 Å². The normalized spacial score (nSPS) is 15.9. The van der Waals surface area contributed by atoms with E-state index < -0.39 is 0 Å². The molecule has 2 rings (SSSR count). The summed E-state index contributed by atoms with van der Waals surface area (Å²) in [7, 11) is 0. The molecule has 0 spiro atoms. The van der Waals surface area contributed by atoms with Crippen LogP contribution in [-0.4, -0.2) is 17.0 Å². The van der Waals surface area contributed by atoms with Crippen LogP contribution in [0, 0.1) is 5.92 Å². The predicted octanol–water partition coefficient (Wildman–Crippen LogP) is 1.13. The smallest absolute Gasteiger partial charge is 0.227 e. The zero-order valence-electron chi connectivity index (χ0n) is 8.68. The maximum Gasteiger partial charge on any atom is 0.227 e. The molecular weight excluding hydrogens is 206 g/mol. The molecule has 0 heterocycles. The predicted molar refractivity (Wildman–Crippen MR) is 60.3 cm³/mol. The van der Waals surface area contributed by atoms with Crippen molar-refractivity contribution in [1.29, 1.82) is 0 Å². The highest BCUT2D eigenvalue weighted by Gasteiger charge is 2.29. The van der Waals surface area contributed by atoms with Gasteiger partial charge in [-0.25, -0.2) is 0 Å². The SMILES string of the molecule is NC(=NO)c1cccc(NC(=O)C2CC2)c1. The van der Waals surface area contributed by atoms with Crippen molar-refractivity contribution in [3.05, 3.63) is 29.8 Å². The van der Waals surface area contributed by atoms with Crippen LogP contribution < -0.4 is 11.1 Å². The molecule has 0 saturated heterocycles. The topological polar surface area (TPSA) is 87.7 Å². The first kappa shape index (κ1) is 10.5. The Morgan fingerprint density at radius 1 is 1.50 bits per heavy atom. The minimum absolute atomic E-state index is 0.0301. The van der Waals surface area contributed by atoms with E-state index in [1.165, 1.54) is 0 Å². The number of anilines is 1. The molecule has 1 aliphatic rings. The lowest BCUT2D eigenvalue weighted by Crippen LogP contribution is -2.16. The average molecular weight is 219 g/mol. The minimum atomic E-state index is 0.0301. The first-order valence-electron chi connectivity index (χ1n) is 5.09. The molecule has 1 fully saturated rings. The number of hydrogen-bond donors (Lipinski definition) is 3. The number of nitrogens with two attached hydrogens (primary N) is 1. The Bertz CT molecular complexity index is 439. The molecule has 0 unspecified atom stereocenters. The second-order valence-corrected chi connectivity index (χ2v) is 3.83. The Kier molecular flexibility index (Phi) is 2.76. The lowest BCUT2D eigenvalue weighted by molar-refractivity contribution is -0.117. The van der Waals surface area contributed by atoms with Crippen LogP contribution in [0.2, 0.25) is 0 Å². The molecule has 84 valence electrons. The van der Waals surface area contributed by atoms with Gasteiger partial charge in [-0.2, -0.15) is 0 Å².